The number of carbonyl (C=O) groups is 6. The highest BCUT2D eigenvalue weighted by molar-refractivity contribution is 6.46. The molecule has 318 valence electrons. The van der Waals surface area contributed by atoms with E-state index in [9.17, 15) is 28.8 Å². The standard InChI is InChI=1S/C40H26Cl8N8O6/c1-17(57)35(55-53-19-9-11-23(41)21(15-19)37(59)49-27-7-3-5-25(43)31(27)45)39(61)51-29-13-14-30(34(48)33(29)47)52-40(62)36(18(2)58)56-54-20-10-12-24(42)22(16-20)38(60)50-28-8-4-6-26(44)32(28)46/h3-16,35-36H,1-2H3,(H,49,59)(H,50,60)(H,51,61)(H,52,62). The van der Waals surface area contributed by atoms with E-state index in [0.717, 1.165) is 13.8 Å². The Kier molecular flexibility index (Phi) is 16.4. The van der Waals surface area contributed by atoms with Crippen molar-refractivity contribution in [3.8, 4) is 0 Å². The second-order valence-corrected chi connectivity index (χ2v) is 15.8. The second-order valence-electron chi connectivity index (χ2n) is 12.7. The van der Waals surface area contributed by atoms with Crippen LogP contribution >= 0.6 is 92.8 Å². The van der Waals surface area contributed by atoms with E-state index in [0.29, 0.717) is 0 Å². The molecular formula is C40H26Cl8N8O6. The summed E-state index contributed by atoms with van der Waals surface area (Å²) in [5, 5.41) is 26.1. The third-order valence-corrected chi connectivity index (χ3v) is 11.4. The number of ketones is 2. The van der Waals surface area contributed by atoms with Crippen LogP contribution in [-0.4, -0.2) is 47.3 Å². The molecule has 5 aromatic rings. The molecule has 2 atom stereocenters. The lowest BCUT2D eigenvalue weighted by atomic mass is 10.1. The van der Waals surface area contributed by atoms with Crippen LogP contribution in [0, 0.1) is 0 Å². The maximum atomic E-state index is 13.3. The van der Waals surface area contributed by atoms with Crippen LogP contribution in [0.5, 0.6) is 0 Å². The summed E-state index contributed by atoms with van der Waals surface area (Å²) >= 11 is 49.9. The lowest BCUT2D eigenvalue weighted by Crippen LogP contribution is -2.32. The number of benzene rings is 5. The van der Waals surface area contributed by atoms with Gasteiger partial charge in [-0.1, -0.05) is 105 Å². The Labute approximate surface area is 392 Å². The Morgan fingerprint density at radius 2 is 0.790 bits per heavy atom. The quantitative estimate of drug-likeness (QED) is 0.0630. The van der Waals surface area contributed by atoms with Crippen LogP contribution in [-0.2, 0) is 19.2 Å². The van der Waals surface area contributed by atoms with E-state index in [1.807, 2.05) is 0 Å². The Bertz CT molecular complexity index is 2530. The fraction of sp³-hybridized carbons (Fsp3) is 0.100. The summed E-state index contributed by atoms with van der Waals surface area (Å²) in [4.78, 5) is 77.6. The minimum Gasteiger partial charge on any atom is -0.322 e. The molecular weight excluding hydrogens is 972 g/mol. The SMILES string of the molecule is CC(=O)C(N=Nc1ccc(Cl)c(C(=O)Nc2cccc(Cl)c2Cl)c1)C(=O)Nc1ccc(NC(=O)C(N=Nc2ccc(Cl)c(C(=O)Nc3cccc(Cl)c3Cl)c2)C(C)=O)c(Cl)c1Cl. The molecule has 0 aromatic heterocycles. The zero-order chi connectivity index (χ0) is 45.4. The highest BCUT2D eigenvalue weighted by Gasteiger charge is 2.27. The molecule has 0 heterocycles. The van der Waals surface area contributed by atoms with Crippen molar-refractivity contribution in [1.82, 2.24) is 0 Å². The average molecular weight is 998 g/mol. The molecule has 5 aromatic carbocycles. The highest BCUT2D eigenvalue weighted by Crippen LogP contribution is 2.37. The molecule has 62 heavy (non-hydrogen) atoms. The first kappa shape index (κ1) is 47.9. The molecule has 2 unspecified atom stereocenters. The van der Waals surface area contributed by atoms with Crippen molar-refractivity contribution < 1.29 is 28.8 Å². The van der Waals surface area contributed by atoms with Gasteiger partial charge in [0.25, 0.3) is 23.6 Å². The predicted octanol–water partition coefficient (Wildman–Crippen LogP) is 12.8. The molecule has 0 bridgehead atoms. The number of rotatable bonds is 14. The number of nitrogens with one attached hydrogen (secondary N) is 4. The first-order valence-electron chi connectivity index (χ1n) is 17.4. The molecule has 0 saturated heterocycles. The molecule has 0 aliphatic heterocycles. The number of hydrogen-bond acceptors (Lipinski definition) is 10. The third-order valence-electron chi connectivity index (χ3n) is 8.23. The molecule has 4 N–H and O–H groups in total. The molecule has 0 fully saturated rings. The van der Waals surface area contributed by atoms with Crippen molar-refractivity contribution in [2.24, 2.45) is 20.5 Å². The van der Waals surface area contributed by atoms with Crippen molar-refractivity contribution in [3.05, 3.63) is 136 Å². The molecule has 4 amide bonds. The van der Waals surface area contributed by atoms with Crippen LogP contribution in [0.15, 0.2) is 105 Å². The van der Waals surface area contributed by atoms with Crippen molar-refractivity contribution in [1.29, 1.82) is 0 Å². The van der Waals surface area contributed by atoms with Gasteiger partial charge in [-0.25, -0.2) is 0 Å². The molecule has 14 nitrogen and oxygen atoms in total. The van der Waals surface area contributed by atoms with Crippen LogP contribution in [0.25, 0.3) is 0 Å². The first-order valence-corrected chi connectivity index (χ1v) is 20.4. The fourth-order valence-electron chi connectivity index (χ4n) is 5.11. The Hall–Kier alpha value is -5.16. The number of nitrogens with zero attached hydrogens (tertiary/aromatic N) is 4. The predicted molar refractivity (Wildman–Crippen MR) is 243 cm³/mol. The number of anilines is 4. The number of carbonyl (C=O) groups excluding carboxylic acids is 6. The lowest BCUT2D eigenvalue weighted by Gasteiger charge is -2.15. The number of azo groups is 2. The minimum atomic E-state index is -1.68. The van der Waals surface area contributed by atoms with E-state index in [1.54, 1.807) is 24.3 Å². The zero-order valence-electron chi connectivity index (χ0n) is 31.5. The van der Waals surface area contributed by atoms with Crippen LogP contribution in [0.1, 0.15) is 34.6 Å². The molecule has 5 rings (SSSR count). The summed E-state index contributed by atoms with van der Waals surface area (Å²) in [5.41, 5.74) is 0.412. The normalized spacial score (nSPS) is 12.2. The van der Waals surface area contributed by atoms with Gasteiger partial charge in [-0.15, -0.1) is 0 Å². The largest absolute Gasteiger partial charge is 0.322 e. The van der Waals surface area contributed by atoms with Gasteiger partial charge in [0.15, 0.2) is 11.6 Å². The van der Waals surface area contributed by atoms with Gasteiger partial charge in [-0.2, -0.15) is 20.5 Å². The van der Waals surface area contributed by atoms with Gasteiger partial charge in [0.2, 0.25) is 12.1 Å². The van der Waals surface area contributed by atoms with Gasteiger partial charge in [-0.3, -0.25) is 28.8 Å². The van der Waals surface area contributed by atoms with Crippen LogP contribution in [0.4, 0.5) is 34.1 Å². The van der Waals surface area contributed by atoms with E-state index < -0.39 is 47.3 Å². The van der Waals surface area contributed by atoms with E-state index >= 15 is 0 Å². The molecule has 0 aliphatic rings. The Morgan fingerprint density at radius 3 is 1.15 bits per heavy atom. The van der Waals surface area contributed by atoms with Gasteiger partial charge >= 0.3 is 0 Å². The van der Waals surface area contributed by atoms with Gasteiger partial charge in [0.05, 0.1) is 85.4 Å². The van der Waals surface area contributed by atoms with Gasteiger partial charge in [0.1, 0.15) is 0 Å². The average Bonchev–Trinajstić information content (AvgIpc) is 3.22. The minimum absolute atomic E-state index is 0.0203. The third kappa shape index (κ3) is 11.8. The van der Waals surface area contributed by atoms with E-state index in [4.69, 9.17) is 92.8 Å². The topological polar surface area (TPSA) is 200 Å². The highest BCUT2D eigenvalue weighted by atomic mass is 35.5. The second kappa shape index (κ2) is 21.3. The lowest BCUT2D eigenvalue weighted by molar-refractivity contribution is -0.127. The Morgan fingerprint density at radius 1 is 0.435 bits per heavy atom. The van der Waals surface area contributed by atoms with E-state index in [-0.39, 0.29) is 85.4 Å². The zero-order valence-corrected chi connectivity index (χ0v) is 37.5. The van der Waals surface area contributed by atoms with Gasteiger partial charge in [0, 0.05) is 0 Å². The van der Waals surface area contributed by atoms with Crippen molar-refractivity contribution in [2.75, 3.05) is 21.3 Å². The molecule has 0 saturated carbocycles. The van der Waals surface area contributed by atoms with Gasteiger partial charge < -0.3 is 21.3 Å². The molecule has 22 heteroatoms. The summed E-state index contributed by atoms with van der Waals surface area (Å²) in [5.74, 6) is -4.61. The molecule has 0 spiro atoms. The van der Waals surface area contributed by atoms with Crippen molar-refractivity contribution in [3.63, 3.8) is 0 Å². The van der Waals surface area contributed by atoms with Crippen molar-refractivity contribution >= 4 is 162 Å². The van der Waals surface area contributed by atoms with Gasteiger partial charge in [-0.05, 0) is 86.6 Å². The van der Waals surface area contributed by atoms with E-state index in [1.165, 1.54) is 60.7 Å². The summed E-state index contributed by atoms with van der Waals surface area (Å²) in [7, 11) is 0. The van der Waals surface area contributed by atoms with Crippen LogP contribution in [0.3, 0.4) is 0 Å². The summed E-state index contributed by atoms with van der Waals surface area (Å²) in [6.45, 7) is 2.22. The van der Waals surface area contributed by atoms with E-state index in [2.05, 4.69) is 41.7 Å². The summed E-state index contributed by atoms with van der Waals surface area (Å²) < 4.78 is 0. The molecule has 0 aliphatic carbocycles. The number of Topliss-reactive ketones (excluding diaryl/α,β-unsaturated/α-hetero) is 2. The smallest absolute Gasteiger partial charge is 0.258 e. The summed E-state index contributed by atoms with van der Waals surface area (Å²) in [6.07, 6.45) is 0. The summed E-state index contributed by atoms with van der Waals surface area (Å²) in [6, 6.07) is 16.6. The maximum absolute atomic E-state index is 13.3. The number of amides is 4. The van der Waals surface area contributed by atoms with Crippen LogP contribution in [0.2, 0.25) is 40.2 Å². The maximum Gasteiger partial charge on any atom is 0.258 e. The first-order chi connectivity index (χ1) is 29.4. The monoisotopic (exact) mass is 994 g/mol. The Balaban J connectivity index is 1.26. The molecule has 0 radical (unpaired) electrons. The number of hydrogen-bond donors (Lipinski definition) is 4. The number of halogens is 8. The van der Waals surface area contributed by atoms with Crippen molar-refractivity contribution in [2.45, 2.75) is 25.9 Å². The van der Waals surface area contributed by atoms with Crippen LogP contribution < -0.4 is 21.3 Å². The fourth-order valence-corrected chi connectivity index (χ4v) is 6.64.